The average Bonchev–Trinajstić information content (AvgIpc) is 2.83. The molecular weight excluding hydrogens is 475 g/mol. The van der Waals surface area contributed by atoms with Crippen molar-refractivity contribution < 1.29 is 32.6 Å². The number of hydrogen-bond donors (Lipinski definition) is 3. The lowest BCUT2D eigenvalue weighted by Crippen LogP contribution is -2.26. The molecule has 3 N–H and O–H groups in total. The molecule has 0 radical (unpaired) electrons. The number of carbonyl (C=O) groups is 2. The predicted octanol–water partition coefficient (Wildman–Crippen LogP) is 6.23. The number of ether oxygens (including phenoxy) is 1. The number of halogens is 3. The van der Waals surface area contributed by atoms with E-state index in [-0.39, 0.29) is 11.4 Å². The Hall–Kier alpha value is -4.21. The van der Waals surface area contributed by atoms with Crippen molar-refractivity contribution in [2.24, 2.45) is 0 Å². The van der Waals surface area contributed by atoms with E-state index in [1.165, 1.54) is 6.07 Å². The van der Waals surface area contributed by atoms with Crippen LogP contribution in [0.5, 0.6) is 5.75 Å². The molecule has 0 fully saturated rings. The molecule has 0 bridgehead atoms. The first-order chi connectivity index (χ1) is 17.2. The Morgan fingerprint density at radius 1 is 0.972 bits per heavy atom. The quantitative estimate of drug-likeness (QED) is 0.306. The van der Waals surface area contributed by atoms with Gasteiger partial charge in [-0.25, -0.2) is 9.59 Å². The van der Waals surface area contributed by atoms with E-state index in [1.807, 2.05) is 37.3 Å². The van der Waals surface area contributed by atoms with Gasteiger partial charge in [-0.15, -0.1) is 0 Å². The van der Waals surface area contributed by atoms with Gasteiger partial charge in [-0.2, -0.15) is 13.2 Å². The smallest absolute Gasteiger partial charge is 0.416 e. The number of rotatable bonds is 10. The molecule has 3 aromatic rings. The Morgan fingerprint density at radius 3 is 2.28 bits per heavy atom. The summed E-state index contributed by atoms with van der Waals surface area (Å²) in [6, 6.07) is 18.0. The van der Waals surface area contributed by atoms with Crippen LogP contribution in [-0.2, 0) is 17.5 Å². The number of carboxylic acid groups (broad SMARTS) is 1. The van der Waals surface area contributed by atoms with E-state index in [9.17, 15) is 22.8 Å². The number of anilines is 3. The number of benzene rings is 3. The number of alkyl halides is 3. The van der Waals surface area contributed by atoms with E-state index in [0.717, 1.165) is 36.2 Å². The number of hydrogen-bond acceptors (Lipinski definition) is 4. The fraction of sp³-hybridized carbons (Fsp3) is 0.231. The van der Waals surface area contributed by atoms with Gasteiger partial charge in [-0.3, -0.25) is 0 Å². The molecule has 36 heavy (non-hydrogen) atoms. The van der Waals surface area contributed by atoms with E-state index >= 15 is 0 Å². The fourth-order valence-electron chi connectivity index (χ4n) is 3.51. The van der Waals surface area contributed by atoms with Gasteiger partial charge < -0.3 is 25.4 Å². The Kier molecular flexibility index (Phi) is 8.77. The van der Waals surface area contributed by atoms with Crippen LogP contribution in [-0.4, -0.2) is 30.3 Å². The SMILES string of the molecule is CCCN(Cc1ccccc1)c1ccc(OCC(=O)O)cc1NC(=O)Nc1ccc(C(F)(F)F)cc1. The number of amides is 2. The zero-order valence-corrected chi connectivity index (χ0v) is 19.5. The van der Waals surface area contributed by atoms with Crippen molar-refractivity contribution in [1.29, 1.82) is 0 Å². The maximum absolute atomic E-state index is 12.8. The summed E-state index contributed by atoms with van der Waals surface area (Å²) < 4.78 is 43.7. The lowest BCUT2D eigenvalue weighted by molar-refractivity contribution is -0.139. The van der Waals surface area contributed by atoms with E-state index in [2.05, 4.69) is 15.5 Å². The van der Waals surface area contributed by atoms with Crippen molar-refractivity contribution in [1.82, 2.24) is 0 Å². The molecule has 0 atom stereocenters. The lowest BCUT2D eigenvalue weighted by Gasteiger charge is -2.27. The normalized spacial score (nSPS) is 11.0. The Bertz CT molecular complexity index is 1170. The summed E-state index contributed by atoms with van der Waals surface area (Å²) in [6.07, 6.45) is -3.66. The van der Waals surface area contributed by atoms with Gasteiger partial charge in [0.2, 0.25) is 0 Å². The summed E-state index contributed by atoms with van der Waals surface area (Å²) in [6.45, 7) is 2.69. The molecular formula is C26H26F3N3O4. The van der Waals surface area contributed by atoms with Gasteiger partial charge in [0.15, 0.2) is 6.61 Å². The van der Waals surface area contributed by atoms with Crippen LogP contribution >= 0.6 is 0 Å². The van der Waals surface area contributed by atoms with Gasteiger partial charge in [-0.1, -0.05) is 37.3 Å². The summed E-state index contributed by atoms with van der Waals surface area (Å²) in [5.41, 5.74) is 1.43. The lowest BCUT2D eigenvalue weighted by atomic mass is 10.1. The highest BCUT2D eigenvalue weighted by atomic mass is 19.4. The topological polar surface area (TPSA) is 90.9 Å². The molecule has 2 amide bonds. The van der Waals surface area contributed by atoms with E-state index in [0.29, 0.717) is 24.5 Å². The largest absolute Gasteiger partial charge is 0.482 e. The summed E-state index contributed by atoms with van der Waals surface area (Å²) in [7, 11) is 0. The van der Waals surface area contributed by atoms with Crippen LogP contribution in [0.3, 0.4) is 0 Å². The van der Waals surface area contributed by atoms with Gasteiger partial charge in [0.1, 0.15) is 5.75 Å². The average molecular weight is 502 g/mol. The third kappa shape index (κ3) is 7.66. The van der Waals surface area contributed by atoms with Crippen LogP contribution < -0.4 is 20.3 Å². The van der Waals surface area contributed by atoms with Crippen LogP contribution in [0.25, 0.3) is 0 Å². The van der Waals surface area contributed by atoms with E-state index in [1.54, 1.807) is 12.1 Å². The Labute approximate surface area is 206 Å². The molecule has 3 rings (SSSR count). The van der Waals surface area contributed by atoms with Crippen molar-refractivity contribution >= 4 is 29.1 Å². The van der Waals surface area contributed by atoms with Crippen LogP contribution in [0.4, 0.5) is 35.0 Å². The number of urea groups is 1. The summed E-state index contributed by atoms with van der Waals surface area (Å²) in [5.74, 6) is -0.910. The van der Waals surface area contributed by atoms with E-state index in [4.69, 9.17) is 9.84 Å². The second-order valence-corrected chi connectivity index (χ2v) is 7.92. The molecule has 0 heterocycles. The van der Waals surface area contributed by atoms with Crippen molar-refractivity contribution in [3.8, 4) is 5.75 Å². The number of nitrogens with one attached hydrogen (secondary N) is 2. The molecule has 190 valence electrons. The molecule has 0 aliphatic rings. The van der Waals surface area contributed by atoms with Gasteiger partial charge in [0.25, 0.3) is 0 Å². The van der Waals surface area contributed by atoms with Gasteiger partial charge >= 0.3 is 18.2 Å². The highest BCUT2D eigenvalue weighted by molar-refractivity contribution is 6.02. The number of aliphatic carboxylic acids is 1. The number of carboxylic acids is 1. The fourth-order valence-corrected chi connectivity index (χ4v) is 3.51. The first kappa shape index (κ1) is 26.4. The summed E-state index contributed by atoms with van der Waals surface area (Å²) in [5, 5.41) is 14.1. The van der Waals surface area contributed by atoms with E-state index < -0.39 is 30.3 Å². The second-order valence-electron chi connectivity index (χ2n) is 7.92. The minimum absolute atomic E-state index is 0.176. The van der Waals surface area contributed by atoms with Gasteiger partial charge in [0.05, 0.1) is 16.9 Å². The van der Waals surface area contributed by atoms with Gasteiger partial charge in [-0.05, 0) is 48.4 Å². The molecule has 10 heteroatoms. The minimum Gasteiger partial charge on any atom is -0.482 e. The highest BCUT2D eigenvalue weighted by Crippen LogP contribution is 2.33. The van der Waals surface area contributed by atoms with Crippen LogP contribution in [0.15, 0.2) is 72.8 Å². The first-order valence-corrected chi connectivity index (χ1v) is 11.2. The summed E-state index contributed by atoms with van der Waals surface area (Å²) in [4.78, 5) is 25.7. The zero-order chi connectivity index (χ0) is 26.1. The van der Waals surface area contributed by atoms with Crippen LogP contribution in [0.2, 0.25) is 0 Å². The molecule has 7 nitrogen and oxygen atoms in total. The molecule has 0 saturated heterocycles. The van der Waals surface area contributed by atoms with Crippen LogP contribution in [0.1, 0.15) is 24.5 Å². The molecule has 3 aromatic carbocycles. The molecule has 0 aliphatic carbocycles. The zero-order valence-electron chi connectivity index (χ0n) is 19.5. The Morgan fingerprint density at radius 2 is 1.67 bits per heavy atom. The van der Waals surface area contributed by atoms with Gasteiger partial charge in [0, 0.05) is 24.8 Å². The number of carbonyl (C=O) groups excluding carboxylic acids is 1. The minimum atomic E-state index is -4.48. The van der Waals surface area contributed by atoms with Crippen molar-refractivity contribution in [3.05, 3.63) is 83.9 Å². The first-order valence-electron chi connectivity index (χ1n) is 11.2. The molecule has 0 aliphatic heterocycles. The number of nitrogens with zero attached hydrogens (tertiary/aromatic N) is 1. The molecule has 0 unspecified atom stereocenters. The monoisotopic (exact) mass is 501 g/mol. The maximum Gasteiger partial charge on any atom is 0.416 e. The Balaban J connectivity index is 1.85. The molecule has 0 saturated carbocycles. The van der Waals surface area contributed by atoms with Crippen LogP contribution in [0, 0.1) is 0 Å². The molecule has 0 spiro atoms. The summed E-state index contributed by atoms with van der Waals surface area (Å²) >= 11 is 0. The van der Waals surface area contributed by atoms with Crippen molar-refractivity contribution in [2.75, 3.05) is 28.7 Å². The maximum atomic E-state index is 12.8. The predicted molar refractivity (Wildman–Crippen MR) is 131 cm³/mol. The molecule has 0 aromatic heterocycles. The highest BCUT2D eigenvalue weighted by Gasteiger charge is 2.30. The standard InChI is InChI=1S/C26H26F3N3O4/c1-2-14-32(16-18-6-4-3-5-7-18)23-13-12-21(36-17-24(33)34)15-22(23)31-25(35)30-20-10-8-19(9-11-20)26(27,28)29/h3-13,15H,2,14,16-17H2,1H3,(H,33,34)(H2,30,31,35). The third-order valence-electron chi connectivity index (χ3n) is 5.10. The van der Waals surface area contributed by atoms with Crippen molar-refractivity contribution in [2.45, 2.75) is 26.1 Å². The third-order valence-corrected chi connectivity index (χ3v) is 5.10. The second kappa shape index (κ2) is 12.0. The van der Waals surface area contributed by atoms with Crippen molar-refractivity contribution in [3.63, 3.8) is 0 Å².